The number of rotatable bonds is 6. The first-order valence-electron chi connectivity index (χ1n) is 9.99. The lowest BCUT2D eigenvalue weighted by atomic mass is 10.1. The predicted octanol–water partition coefficient (Wildman–Crippen LogP) is 2.31. The van der Waals surface area contributed by atoms with E-state index in [0.29, 0.717) is 18.5 Å². The Hall–Kier alpha value is -1.43. The van der Waals surface area contributed by atoms with Crippen LogP contribution in [0.25, 0.3) is 0 Å². The normalized spacial score (nSPS) is 25.0. The average Bonchev–Trinajstić information content (AvgIpc) is 2.97. The number of hydrogen-bond acceptors (Lipinski definition) is 4. The largest absolute Gasteiger partial charge is 0.331 e. The monoisotopic (exact) mass is 345 g/mol. The third kappa shape index (κ3) is 3.73. The Labute approximate surface area is 150 Å². The second-order valence-electron chi connectivity index (χ2n) is 8.31. The van der Waals surface area contributed by atoms with E-state index in [4.69, 9.17) is 0 Å². The molecular formula is C19H31N5O. The number of amides is 1. The van der Waals surface area contributed by atoms with Crippen molar-refractivity contribution in [1.29, 1.82) is 0 Å². The van der Waals surface area contributed by atoms with Gasteiger partial charge in [0.15, 0.2) is 5.82 Å². The molecule has 6 heteroatoms. The van der Waals surface area contributed by atoms with Crippen molar-refractivity contribution in [2.75, 3.05) is 19.6 Å². The van der Waals surface area contributed by atoms with Crippen molar-refractivity contribution in [3.8, 4) is 0 Å². The van der Waals surface area contributed by atoms with Gasteiger partial charge in [0.25, 0.3) is 0 Å². The first kappa shape index (κ1) is 17.0. The van der Waals surface area contributed by atoms with Gasteiger partial charge >= 0.3 is 0 Å². The molecular weight excluding hydrogens is 314 g/mol. The molecule has 0 N–H and O–H groups in total. The van der Waals surface area contributed by atoms with Crippen LogP contribution in [-0.2, 0) is 18.4 Å². The van der Waals surface area contributed by atoms with Crippen LogP contribution in [0.15, 0.2) is 0 Å². The summed E-state index contributed by atoms with van der Waals surface area (Å²) >= 11 is 0. The first-order valence-corrected chi connectivity index (χ1v) is 9.99. The van der Waals surface area contributed by atoms with Crippen LogP contribution in [0.1, 0.15) is 69.4 Å². The Morgan fingerprint density at radius 1 is 1.16 bits per heavy atom. The van der Waals surface area contributed by atoms with Gasteiger partial charge in [0.2, 0.25) is 5.91 Å². The summed E-state index contributed by atoms with van der Waals surface area (Å²) in [5.74, 6) is 3.64. The van der Waals surface area contributed by atoms with Crippen LogP contribution in [0, 0.1) is 5.92 Å². The molecule has 1 aliphatic heterocycles. The highest BCUT2D eigenvalue weighted by molar-refractivity contribution is 5.73. The molecule has 2 heterocycles. The summed E-state index contributed by atoms with van der Waals surface area (Å²) in [6.45, 7) is 5.64. The number of aromatic nitrogens is 3. The molecule has 2 aliphatic carbocycles. The van der Waals surface area contributed by atoms with Crippen LogP contribution < -0.4 is 0 Å². The molecule has 1 amide bonds. The molecule has 0 unspecified atom stereocenters. The minimum Gasteiger partial charge on any atom is -0.331 e. The Morgan fingerprint density at radius 3 is 2.60 bits per heavy atom. The third-order valence-electron chi connectivity index (χ3n) is 6.34. The number of carbonyl (C=O) groups is 1. The summed E-state index contributed by atoms with van der Waals surface area (Å²) in [6.07, 6.45) is 9.11. The lowest BCUT2D eigenvalue weighted by Gasteiger charge is -2.28. The molecule has 0 spiro atoms. The summed E-state index contributed by atoms with van der Waals surface area (Å²) in [4.78, 5) is 16.9. The molecule has 6 nitrogen and oxygen atoms in total. The lowest BCUT2D eigenvalue weighted by molar-refractivity contribution is -0.131. The van der Waals surface area contributed by atoms with Crippen LogP contribution in [0.4, 0.5) is 0 Å². The van der Waals surface area contributed by atoms with Gasteiger partial charge in [-0.05, 0) is 38.0 Å². The summed E-state index contributed by atoms with van der Waals surface area (Å²) in [6, 6.07) is 0.319. The molecule has 1 saturated heterocycles. The molecule has 1 aromatic heterocycles. The average molecular weight is 345 g/mol. The van der Waals surface area contributed by atoms with Gasteiger partial charge in [0.1, 0.15) is 5.82 Å². The SMILES string of the molecule is CC(=O)N(Cc1nnc(C2CC2)n1C)[C@H]1CCN(CC2CCCC2)C1. The summed E-state index contributed by atoms with van der Waals surface area (Å²) in [5, 5.41) is 8.74. The van der Waals surface area contributed by atoms with Crippen LogP contribution in [-0.4, -0.2) is 56.1 Å². The molecule has 1 aromatic rings. The van der Waals surface area contributed by atoms with Crippen molar-refractivity contribution in [2.45, 2.75) is 70.4 Å². The summed E-state index contributed by atoms with van der Waals surface area (Å²) in [5.41, 5.74) is 0. The third-order valence-corrected chi connectivity index (χ3v) is 6.34. The van der Waals surface area contributed by atoms with Crippen molar-refractivity contribution in [1.82, 2.24) is 24.6 Å². The van der Waals surface area contributed by atoms with Gasteiger partial charge in [-0.3, -0.25) is 4.79 Å². The zero-order chi connectivity index (χ0) is 17.4. The van der Waals surface area contributed by atoms with E-state index in [1.807, 2.05) is 11.9 Å². The van der Waals surface area contributed by atoms with Gasteiger partial charge < -0.3 is 14.4 Å². The molecule has 4 rings (SSSR count). The van der Waals surface area contributed by atoms with Crippen LogP contribution in [0.3, 0.4) is 0 Å². The van der Waals surface area contributed by atoms with Crippen molar-refractivity contribution in [3.63, 3.8) is 0 Å². The van der Waals surface area contributed by atoms with Crippen LogP contribution in [0.2, 0.25) is 0 Å². The molecule has 138 valence electrons. The first-order chi connectivity index (χ1) is 12.1. The van der Waals surface area contributed by atoms with Crippen LogP contribution in [0.5, 0.6) is 0 Å². The zero-order valence-corrected chi connectivity index (χ0v) is 15.7. The molecule has 1 atom stereocenters. The molecule has 3 aliphatic rings. The van der Waals surface area contributed by atoms with Crippen molar-refractivity contribution in [2.24, 2.45) is 13.0 Å². The number of nitrogens with zero attached hydrogens (tertiary/aromatic N) is 5. The molecule has 3 fully saturated rings. The Bertz CT molecular complexity index is 617. The minimum atomic E-state index is 0.156. The van der Waals surface area contributed by atoms with Gasteiger partial charge in [0.05, 0.1) is 6.54 Å². The van der Waals surface area contributed by atoms with Gasteiger partial charge in [-0.2, -0.15) is 0 Å². The zero-order valence-electron chi connectivity index (χ0n) is 15.7. The molecule has 0 radical (unpaired) electrons. The van der Waals surface area contributed by atoms with E-state index in [1.165, 1.54) is 45.1 Å². The molecule has 2 saturated carbocycles. The highest BCUT2D eigenvalue weighted by Crippen LogP contribution is 2.38. The Kier molecular flexibility index (Phi) is 4.80. The Morgan fingerprint density at radius 2 is 1.92 bits per heavy atom. The maximum absolute atomic E-state index is 12.3. The standard InChI is InChI=1S/C19H31N5O/c1-14(25)24(13-18-20-21-19(22(18)2)16-7-8-16)17-9-10-23(12-17)11-15-5-3-4-6-15/h15-17H,3-13H2,1-2H3/t17-/m0/s1. The quantitative estimate of drug-likeness (QED) is 0.794. The van der Waals surface area contributed by atoms with Gasteiger partial charge in [-0.15, -0.1) is 10.2 Å². The minimum absolute atomic E-state index is 0.156. The van der Waals surface area contributed by atoms with E-state index in [1.54, 1.807) is 6.92 Å². The second kappa shape index (κ2) is 7.06. The maximum Gasteiger partial charge on any atom is 0.220 e. The lowest BCUT2D eigenvalue weighted by Crippen LogP contribution is -2.41. The summed E-state index contributed by atoms with van der Waals surface area (Å²) in [7, 11) is 2.04. The fourth-order valence-corrected chi connectivity index (χ4v) is 4.65. The van der Waals surface area contributed by atoms with Gasteiger partial charge in [0, 0.05) is 45.6 Å². The number of likely N-dealkylation sites (tertiary alicyclic amines) is 1. The maximum atomic E-state index is 12.3. The van der Waals surface area contributed by atoms with Gasteiger partial charge in [-0.1, -0.05) is 12.8 Å². The second-order valence-corrected chi connectivity index (χ2v) is 8.31. The van der Waals surface area contributed by atoms with Crippen molar-refractivity contribution >= 4 is 5.91 Å². The van der Waals surface area contributed by atoms with E-state index < -0.39 is 0 Å². The molecule has 0 aromatic carbocycles. The van der Waals surface area contributed by atoms with Crippen LogP contribution >= 0.6 is 0 Å². The predicted molar refractivity (Wildman–Crippen MR) is 96.0 cm³/mol. The fourth-order valence-electron chi connectivity index (χ4n) is 4.65. The fraction of sp³-hybridized carbons (Fsp3) is 0.842. The van der Waals surface area contributed by atoms with Crippen molar-refractivity contribution < 1.29 is 4.79 Å². The highest BCUT2D eigenvalue weighted by atomic mass is 16.2. The van der Waals surface area contributed by atoms with E-state index in [-0.39, 0.29) is 5.91 Å². The molecule has 25 heavy (non-hydrogen) atoms. The van der Waals surface area contributed by atoms with Crippen molar-refractivity contribution in [3.05, 3.63) is 11.6 Å². The number of carbonyl (C=O) groups excluding carboxylic acids is 1. The smallest absolute Gasteiger partial charge is 0.220 e. The van der Waals surface area contributed by atoms with Gasteiger partial charge in [-0.25, -0.2) is 0 Å². The highest BCUT2D eigenvalue weighted by Gasteiger charge is 2.33. The van der Waals surface area contributed by atoms with E-state index in [0.717, 1.165) is 37.1 Å². The Balaban J connectivity index is 1.38. The topological polar surface area (TPSA) is 54.3 Å². The number of hydrogen-bond donors (Lipinski definition) is 0. The van der Waals surface area contributed by atoms with E-state index in [2.05, 4.69) is 19.7 Å². The molecule has 0 bridgehead atoms. The summed E-state index contributed by atoms with van der Waals surface area (Å²) < 4.78 is 2.11. The van der Waals surface area contributed by atoms with E-state index >= 15 is 0 Å². The van der Waals surface area contributed by atoms with E-state index in [9.17, 15) is 4.79 Å².